The summed E-state index contributed by atoms with van der Waals surface area (Å²) in [5, 5.41) is 20.4. The first-order chi connectivity index (χ1) is 36.2. The Kier molecular flexibility index (Phi) is 50.5. The number of esters is 3. The summed E-state index contributed by atoms with van der Waals surface area (Å²) in [6.07, 6.45) is 46.3. The van der Waals surface area contributed by atoms with Crippen LogP contribution in [0.2, 0.25) is 0 Å². The minimum Gasteiger partial charge on any atom is -0.463 e. The number of ether oxygens (including phenoxy) is 3. The zero-order valence-corrected chi connectivity index (χ0v) is 48.5. The van der Waals surface area contributed by atoms with Gasteiger partial charge in [0.25, 0.3) is 0 Å². The Morgan fingerprint density at radius 1 is 0.387 bits per heavy atom. The van der Waals surface area contributed by atoms with Crippen LogP contribution in [0.3, 0.4) is 0 Å². The fraction of sp³-hybridized carbons (Fsp3) is 0.807. The molecule has 0 rings (SSSR count). The highest BCUT2D eigenvalue weighted by Crippen LogP contribution is 2.45. The van der Waals surface area contributed by atoms with Crippen LogP contribution in [0.5, 0.6) is 0 Å². The molecule has 5 atom stereocenters. The van der Waals surface area contributed by atoms with Gasteiger partial charge in [0.15, 0.2) is 6.10 Å². The van der Waals surface area contributed by atoms with E-state index in [1.807, 2.05) is 0 Å². The highest BCUT2D eigenvalue weighted by atomic mass is 31.2. The van der Waals surface area contributed by atoms with E-state index >= 15 is 0 Å². The van der Waals surface area contributed by atoms with Crippen molar-refractivity contribution in [3.8, 4) is 0 Å². The van der Waals surface area contributed by atoms with Gasteiger partial charge in [-0.1, -0.05) is 198 Å². The van der Waals surface area contributed by atoms with E-state index in [9.17, 15) is 43.5 Å². The van der Waals surface area contributed by atoms with Gasteiger partial charge in [0.05, 0.1) is 26.4 Å². The van der Waals surface area contributed by atoms with Gasteiger partial charge in [-0.05, 0) is 70.6 Å². The molecule has 0 saturated carbocycles. The Bertz CT molecular complexity index is 1590. The molecule has 0 aliphatic carbocycles. The van der Waals surface area contributed by atoms with Crippen molar-refractivity contribution >= 4 is 33.6 Å². The molecule has 0 saturated heterocycles. The van der Waals surface area contributed by atoms with E-state index < -0.39 is 91.5 Å². The maximum absolute atomic E-state index is 12.8. The molecule has 438 valence electrons. The fourth-order valence-corrected chi connectivity index (χ4v) is 9.15. The summed E-state index contributed by atoms with van der Waals surface area (Å²) in [6, 6.07) is 0. The quantitative estimate of drug-likeness (QED) is 0.0146. The molecule has 0 aromatic rings. The number of aliphatic hydroxyl groups is 2. The number of aliphatic hydroxyl groups excluding tert-OH is 2. The zero-order valence-electron chi connectivity index (χ0n) is 46.7. The lowest BCUT2D eigenvalue weighted by atomic mass is 10.1. The predicted octanol–water partition coefficient (Wildman–Crippen LogP) is 14.5. The molecule has 0 aliphatic rings. The molecule has 0 fully saturated rings. The van der Waals surface area contributed by atoms with Crippen molar-refractivity contribution in [3.05, 3.63) is 48.6 Å². The number of phosphoric ester groups is 2. The van der Waals surface area contributed by atoms with Gasteiger partial charge in [0, 0.05) is 19.3 Å². The summed E-state index contributed by atoms with van der Waals surface area (Å²) in [6.45, 7) is 2.47. The van der Waals surface area contributed by atoms with Crippen molar-refractivity contribution in [1.82, 2.24) is 0 Å². The number of rotatable bonds is 55. The molecule has 0 heterocycles. The first kappa shape index (κ1) is 72.5. The van der Waals surface area contributed by atoms with Crippen LogP contribution in [0, 0.1) is 0 Å². The summed E-state index contributed by atoms with van der Waals surface area (Å²) in [5.74, 6) is -1.59. The van der Waals surface area contributed by atoms with Gasteiger partial charge in [-0.3, -0.25) is 32.5 Å². The topological polar surface area (TPSA) is 231 Å². The van der Waals surface area contributed by atoms with E-state index in [1.54, 1.807) is 0 Å². The van der Waals surface area contributed by atoms with E-state index in [0.717, 1.165) is 128 Å². The number of phosphoric acid groups is 2. The van der Waals surface area contributed by atoms with Crippen LogP contribution >= 0.6 is 15.6 Å². The van der Waals surface area contributed by atoms with Crippen LogP contribution in [0.1, 0.15) is 239 Å². The standard InChI is InChI=1S/C57H104O16P2/c1-4-7-10-13-16-19-22-23-24-25-26-27-30-32-34-37-40-43-55(60)67-46-52(58)47-69-74(63,64)70-48-53(59)49-71-75(65,66)72-51-54(73-57(62)45-42-39-36-33-29-21-18-15-12-9-6-3)50-68-56(61)44-41-38-35-31-28-20-17-14-11-8-5-2/h7,10,14,16-17,19,23-24,52-54,58-59H,4-6,8-9,11-13,15,18,20-22,25-51H2,1-3H3,(H,63,64)(H,65,66)/b10-7-,17-14-,19-16-,24-23-. The molecule has 5 unspecified atom stereocenters. The summed E-state index contributed by atoms with van der Waals surface area (Å²) in [7, 11) is -9.74. The molecule has 0 spiro atoms. The Balaban J connectivity index is 4.60. The first-order valence-corrected chi connectivity index (χ1v) is 31.9. The third kappa shape index (κ3) is 53.3. The molecule has 0 aromatic heterocycles. The third-order valence-corrected chi connectivity index (χ3v) is 13.9. The van der Waals surface area contributed by atoms with E-state index in [1.165, 1.54) is 51.4 Å². The minimum atomic E-state index is -4.90. The second-order valence-electron chi connectivity index (χ2n) is 19.4. The average Bonchev–Trinajstić information content (AvgIpc) is 3.38. The van der Waals surface area contributed by atoms with E-state index in [2.05, 4.69) is 69.4 Å². The largest absolute Gasteiger partial charge is 0.472 e. The van der Waals surface area contributed by atoms with Crippen molar-refractivity contribution in [1.29, 1.82) is 0 Å². The highest BCUT2D eigenvalue weighted by Gasteiger charge is 2.29. The maximum atomic E-state index is 12.8. The first-order valence-electron chi connectivity index (χ1n) is 28.9. The molecule has 0 amide bonds. The van der Waals surface area contributed by atoms with Gasteiger partial charge in [-0.15, -0.1) is 0 Å². The van der Waals surface area contributed by atoms with E-state index in [4.69, 9.17) is 32.3 Å². The van der Waals surface area contributed by atoms with Crippen LogP contribution in [-0.2, 0) is 55.8 Å². The molecule has 0 aromatic carbocycles. The Hall–Kier alpha value is -2.49. The zero-order chi connectivity index (χ0) is 55.4. The maximum Gasteiger partial charge on any atom is 0.472 e. The number of carbonyl (C=O) groups is 3. The van der Waals surface area contributed by atoms with Crippen molar-refractivity contribution in [2.24, 2.45) is 0 Å². The van der Waals surface area contributed by atoms with Gasteiger partial charge < -0.3 is 34.2 Å². The lowest BCUT2D eigenvalue weighted by Gasteiger charge is -2.21. The fourth-order valence-electron chi connectivity index (χ4n) is 7.56. The van der Waals surface area contributed by atoms with Gasteiger partial charge in [0.2, 0.25) is 0 Å². The third-order valence-electron chi connectivity index (χ3n) is 12.0. The smallest absolute Gasteiger partial charge is 0.463 e. The average molecular weight is 1110 g/mol. The molecular weight excluding hydrogens is 1000 g/mol. The summed E-state index contributed by atoms with van der Waals surface area (Å²) in [4.78, 5) is 57.9. The normalized spacial score (nSPS) is 14.9. The number of allylic oxidation sites excluding steroid dienone is 8. The SMILES string of the molecule is CC/C=C\C/C=C\C/C=C\CCCCCCCCCC(=O)OCC(O)COP(=O)(O)OCC(O)COP(=O)(O)OCC(COC(=O)CCCCCCC/C=C\CCCC)OC(=O)CCCCCCCCCCCCC. The van der Waals surface area contributed by atoms with Gasteiger partial charge >= 0.3 is 33.6 Å². The van der Waals surface area contributed by atoms with Crippen molar-refractivity contribution in [2.75, 3.05) is 39.6 Å². The van der Waals surface area contributed by atoms with Crippen molar-refractivity contribution < 1.29 is 75.8 Å². The second kappa shape index (κ2) is 52.2. The predicted molar refractivity (Wildman–Crippen MR) is 298 cm³/mol. The molecular formula is C57H104O16P2. The molecule has 18 heteroatoms. The van der Waals surface area contributed by atoms with Crippen LogP contribution in [0.15, 0.2) is 48.6 Å². The van der Waals surface area contributed by atoms with Crippen LogP contribution in [-0.4, -0.2) is 95.9 Å². The number of hydrogen-bond donors (Lipinski definition) is 4. The summed E-state index contributed by atoms with van der Waals surface area (Å²) < 4.78 is 60.4. The molecule has 0 radical (unpaired) electrons. The Labute approximate surface area is 453 Å². The molecule has 16 nitrogen and oxygen atoms in total. The molecule has 4 N–H and O–H groups in total. The molecule has 0 bridgehead atoms. The summed E-state index contributed by atoms with van der Waals surface area (Å²) >= 11 is 0. The highest BCUT2D eigenvalue weighted by molar-refractivity contribution is 7.47. The second-order valence-corrected chi connectivity index (χ2v) is 22.3. The van der Waals surface area contributed by atoms with E-state index in [0.29, 0.717) is 19.3 Å². The van der Waals surface area contributed by atoms with Gasteiger partial charge in [-0.2, -0.15) is 0 Å². The Morgan fingerprint density at radius 2 is 0.720 bits per heavy atom. The van der Waals surface area contributed by atoms with Crippen LogP contribution in [0.4, 0.5) is 0 Å². The van der Waals surface area contributed by atoms with Crippen molar-refractivity contribution in [3.63, 3.8) is 0 Å². The minimum absolute atomic E-state index is 0.108. The van der Waals surface area contributed by atoms with Crippen LogP contribution in [0.25, 0.3) is 0 Å². The van der Waals surface area contributed by atoms with E-state index in [-0.39, 0.29) is 19.3 Å². The van der Waals surface area contributed by atoms with Gasteiger partial charge in [-0.25, -0.2) is 9.13 Å². The number of carbonyl (C=O) groups excluding carboxylic acids is 3. The van der Waals surface area contributed by atoms with Crippen LogP contribution < -0.4 is 0 Å². The molecule has 75 heavy (non-hydrogen) atoms. The van der Waals surface area contributed by atoms with Crippen molar-refractivity contribution in [2.45, 2.75) is 257 Å². The molecule has 0 aliphatic heterocycles. The Morgan fingerprint density at radius 3 is 1.17 bits per heavy atom. The lowest BCUT2D eigenvalue weighted by molar-refractivity contribution is -0.161. The van der Waals surface area contributed by atoms with Gasteiger partial charge in [0.1, 0.15) is 25.4 Å². The monoisotopic (exact) mass is 1110 g/mol. The number of unbranched alkanes of at least 4 members (excludes halogenated alkanes) is 24. The summed E-state index contributed by atoms with van der Waals surface area (Å²) in [5.41, 5.74) is 0. The lowest BCUT2D eigenvalue weighted by Crippen LogP contribution is -2.30. The number of hydrogen-bond acceptors (Lipinski definition) is 14.